The normalized spacial score (nSPS) is 15.2. The second-order valence-electron chi connectivity index (χ2n) is 4.52. The molecule has 1 aliphatic heterocycles. The van der Waals surface area contributed by atoms with Crippen molar-refractivity contribution >= 4 is 0 Å². The molecule has 0 radical (unpaired) electrons. The lowest BCUT2D eigenvalue weighted by molar-refractivity contribution is 0.321. The van der Waals surface area contributed by atoms with Gasteiger partial charge in [0.1, 0.15) is 5.75 Å². The topological polar surface area (TPSA) is 38.5 Å². The molecular formula is C15H20N2O. The zero-order valence-electron chi connectivity index (χ0n) is 10.9. The van der Waals surface area contributed by atoms with E-state index >= 15 is 0 Å². The minimum atomic E-state index is 0.396. The van der Waals surface area contributed by atoms with Crippen molar-refractivity contribution in [2.24, 2.45) is 5.73 Å². The van der Waals surface area contributed by atoms with Gasteiger partial charge in [-0.2, -0.15) is 0 Å². The summed E-state index contributed by atoms with van der Waals surface area (Å²) in [5.41, 5.74) is 7.62. The first kappa shape index (κ1) is 12.9. The first-order valence-electron chi connectivity index (χ1n) is 6.41. The molecular weight excluding hydrogens is 224 g/mol. The van der Waals surface area contributed by atoms with Crippen molar-refractivity contribution in [3.05, 3.63) is 29.3 Å². The lowest BCUT2D eigenvalue weighted by Crippen LogP contribution is -2.18. The van der Waals surface area contributed by atoms with E-state index in [9.17, 15) is 0 Å². The molecule has 0 saturated carbocycles. The summed E-state index contributed by atoms with van der Waals surface area (Å²) in [5.74, 6) is 6.90. The molecule has 3 heteroatoms. The SMILES string of the molecule is COc1ccc(C#CCN)cc1CN1CCCC1. The number of likely N-dealkylation sites (tertiary alicyclic amines) is 1. The molecule has 0 atom stereocenters. The molecule has 18 heavy (non-hydrogen) atoms. The number of benzene rings is 1. The van der Waals surface area contributed by atoms with Crippen LogP contribution in [0.1, 0.15) is 24.0 Å². The fraction of sp³-hybridized carbons (Fsp3) is 0.467. The molecule has 2 rings (SSSR count). The van der Waals surface area contributed by atoms with Crippen LogP contribution < -0.4 is 10.5 Å². The molecule has 2 N–H and O–H groups in total. The summed E-state index contributed by atoms with van der Waals surface area (Å²) in [6.45, 7) is 3.71. The van der Waals surface area contributed by atoms with E-state index in [4.69, 9.17) is 10.5 Å². The summed E-state index contributed by atoms with van der Waals surface area (Å²) < 4.78 is 5.42. The zero-order chi connectivity index (χ0) is 12.8. The zero-order valence-corrected chi connectivity index (χ0v) is 10.9. The molecule has 1 saturated heterocycles. The van der Waals surface area contributed by atoms with Crippen molar-refractivity contribution in [1.29, 1.82) is 0 Å². The third-order valence-electron chi connectivity index (χ3n) is 3.21. The number of rotatable bonds is 3. The van der Waals surface area contributed by atoms with Crippen molar-refractivity contribution in [3.63, 3.8) is 0 Å². The summed E-state index contributed by atoms with van der Waals surface area (Å²) in [4.78, 5) is 2.46. The maximum Gasteiger partial charge on any atom is 0.123 e. The Hall–Kier alpha value is -1.50. The van der Waals surface area contributed by atoms with E-state index in [2.05, 4.69) is 22.8 Å². The Labute approximate surface area is 109 Å². The van der Waals surface area contributed by atoms with Gasteiger partial charge < -0.3 is 10.5 Å². The molecule has 3 nitrogen and oxygen atoms in total. The highest BCUT2D eigenvalue weighted by Gasteiger charge is 2.14. The number of nitrogens with zero attached hydrogens (tertiary/aromatic N) is 1. The Kier molecular flexibility index (Phi) is 4.63. The molecule has 0 amide bonds. The van der Waals surface area contributed by atoms with Gasteiger partial charge in [0.25, 0.3) is 0 Å². The van der Waals surface area contributed by atoms with Crippen LogP contribution >= 0.6 is 0 Å². The quantitative estimate of drug-likeness (QED) is 0.821. The monoisotopic (exact) mass is 244 g/mol. The lowest BCUT2D eigenvalue weighted by atomic mass is 10.1. The van der Waals surface area contributed by atoms with Crippen molar-refractivity contribution in [1.82, 2.24) is 4.90 Å². The predicted octanol–water partition coefficient (Wildman–Crippen LogP) is 1.60. The van der Waals surface area contributed by atoms with E-state index in [0.717, 1.165) is 17.9 Å². The molecule has 96 valence electrons. The van der Waals surface area contributed by atoms with Gasteiger partial charge >= 0.3 is 0 Å². The minimum Gasteiger partial charge on any atom is -0.496 e. The highest BCUT2D eigenvalue weighted by atomic mass is 16.5. The number of ether oxygens (including phenoxy) is 1. The molecule has 0 bridgehead atoms. The third-order valence-corrected chi connectivity index (χ3v) is 3.21. The Morgan fingerprint density at radius 2 is 2.11 bits per heavy atom. The van der Waals surface area contributed by atoms with Crippen molar-refractivity contribution in [2.75, 3.05) is 26.7 Å². The smallest absolute Gasteiger partial charge is 0.123 e. The molecule has 1 aliphatic rings. The van der Waals surface area contributed by atoms with E-state index in [1.807, 2.05) is 12.1 Å². The molecule has 1 aromatic carbocycles. The van der Waals surface area contributed by atoms with E-state index in [1.54, 1.807) is 7.11 Å². The fourth-order valence-corrected chi connectivity index (χ4v) is 2.31. The average Bonchev–Trinajstić information content (AvgIpc) is 2.89. The van der Waals surface area contributed by atoms with Gasteiger partial charge in [-0.15, -0.1) is 0 Å². The second-order valence-corrected chi connectivity index (χ2v) is 4.52. The Morgan fingerprint density at radius 3 is 2.78 bits per heavy atom. The number of hydrogen-bond acceptors (Lipinski definition) is 3. The van der Waals surface area contributed by atoms with Gasteiger partial charge in [-0.05, 0) is 44.1 Å². The van der Waals surface area contributed by atoms with Crippen LogP contribution in [0.2, 0.25) is 0 Å². The Balaban J connectivity index is 2.18. The molecule has 0 unspecified atom stereocenters. The van der Waals surface area contributed by atoms with Gasteiger partial charge in [-0.1, -0.05) is 11.8 Å². The van der Waals surface area contributed by atoms with Gasteiger partial charge in [0.05, 0.1) is 13.7 Å². The molecule has 0 spiro atoms. The average molecular weight is 244 g/mol. The Morgan fingerprint density at radius 1 is 1.33 bits per heavy atom. The summed E-state index contributed by atoms with van der Waals surface area (Å²) in [6, 6.07) is 6.08. The van der Waals surface area contributed by atoms with Crippen LogP contribution in [-0.4, -0.2) is 31.6 Å². The maximum absolute atomic E-state index is 5.42. The standard InChI is InChI=1S/C15H20N2O/c1-18-15-7-6-13(5-4-8-16)11-14(15)12-17-9-2-3-10-17/h6-7,11H,2-3,8-10,12,16H2,1H3. The van der Waals surface area contributed by atoms with Gasteiger partial charge in [0.2, 0.25) is 0 Å². The molecule has 1 heterocycles. The van der Waals surface area contributed by atoms with Crippen LogP contribution in [0.25, 0.3) is 0 Å². The minimum absolute atomic E-state index is 0.396. The van der Waals surface area contributed by atoms with Gasteiger partial charge in [0, 0.05) is 17.7 Å². The Bertz CT molecular complexity index is 453. The largest absolute Gasteiger partial charge is 0.496 e. The fourth-order valence-electron chi connectivity index (χ4n) is 2.31. The van der Waals surface area contributed by atoms with Crippen molar-refractivity contribution in [2.45, 2.75) is 19.4 Å². The predicted molar refractivity (Wildman–Crippen MR) is 73.4 cm³/mol. The lowest BCUT2D eigenvalue weighted by Gasteiger charge is -2.17. The van der Waals surface area contributed by atoms with Crippen molar-refractivity contribution in [3.8, 4) is 17.6 Å². The molecule has 1 fully saturated rings. The van der Waals surface area contributed by atoms with Crippen LogP contribution in [0, 0.1) is 11.8 Å². The second kappa shape index (κ2) is 6.44. The number of methoxy groups -OCH3 is 1. The highest BCUT2D eigenvalue weighted by molar-refractivity contribution is 5.44. The molecule has 0 aromatic heterocycles. The van der Waals surface area contributed by atoms with Crippen LogP contribution in [0.3, 0.4) is 0 Å². The summed E-state index contributed by atoms with van der Waals surface area (Å²) in [5, 5.41) is 0. The van der Waals surface area contributed by atoms with Crippen LogP contribution in [-0.2, 0) is 6.54 Å². The number of hydrogen-bond donors (Lipinski definition) is 1. The van der Waals surface area contributed by atoms with Gasteiger partial charge in [0.15, 0.2) is 0 Å². The summed E-state index contributed by atoms with van der Waals surface area (Å²) >= 11 is 0. The first-order valence-corrected chi connectivity index (χ1v) is 6.41. The van der Waals surface area contributed by atoms with E-state index < -0.39 is 0 Å². The van der Waals surface area contributed by atoms with Crippen LogP contribution in [0.5, 0.6) is 5.75 Å². The number of nitrogens with two attached hydrogens (primary N) is 1. The third kappa shape index (κ3) is 3.25. The maximum atomic E-state index is 5.42. The van der Waals surface area contributed by atoms with Gasteiger partial charge in [-0.3, -0.25) is 4.90 Å². The molecule has 1 aromatic rings. The van der Waals surface area contributed by atoms with E-state index in [1.165, 1.54) is 31.5 Å². The summed E-state index contributed by atoms with van der Waals surface area (Å²) in [7, 11) is 1.72. The van der Waals surface area contributed by atoms with E-state index in [0.29, 0.717) is 6.54 Å². The molecule has 0 aliphatic carbocycles. The van der Waals surface area contributed by atoms with Crippen LogP contribution in [0.15, 0.2) is 18.2 Å². The van der Waals surface area contributed by atoms with E-state index in [-0.39, 0.29) is 0 Å². The first-order chi connectivity index (χ1) is 8.83. The van der Waals surface area contributed by atoms with Crippen LogP contribution in [0.4, 0.5) is 0 Å². The van der Waals surface area contributed by atoms with Gasteiger partial charge in [-0.25, -0.2) is 0 Å². The highest BCUT2D eigenvalue weighted by Crippen LogP contribution is 2.23. The van der Waals surface area contributed by atoms with Crippen molar-refractivity contribution < 1.29 is 4.74 Å². The summed E-state index contributed by atoms with van der Waals surface area (Å²) in [6.07, 6.45) is 2.60.